The third kappa shape index (κ3) is 3.01. The Kier molecular flexibility index (Phi) is 4.95. The summed E-state index contributed by atoms with van der Waals surface area (Å²) in [5.41, 5.74) is 1.09. The van der Waals surface area contributed by atoms with Crippen LogP contribution in [0.3, 0.4) is 0 Å². The number of hydrogen-bond acceptors (Lipinski definition) is 4. The molecule has 5 heteroatoms. The van der Waals surface area contributed by atoms with Crippen molar-refractivity contribution in [3.05, 3.63) is 16.0 Å². The van der Waals surface area contributed by atoms with Crippen molar-refractivity contribution in [1.29, 1.82) is 0 Å². The molecule has 1 aliphatic heterocycles. The van der Waals surface area contributed by atoms with Crippen LogP contribution in [0.15, 0.2) is 4.47 Å². The van der Waals surface area contributed by atoms with Crippen LogP contribution < -0.4 is 5.32 Å². The number of anilines is 1. The van der Waals surface area contributed by atoms with Gasteiger partial charge in [0.05, 0.1) is 10.2 Å². The first-order chi connectivity index (χ1) is 8.76. The molecule has 4 nitrogen and oxygen atoms in total. The second-order valence-corrected chi connectivity index (χ2v) is 5.25. The van der Waals surface area contributed by atoms with Crippen LogP contribution in [0, 0.1) is 0 Å². The summed E-state index contributed by atoms with van der Waals surface area (Å²) >= 11 is 3.59. The Morgan fingerprint density at radius 1 is 1.28 bits per heavy atom. The van der Waals surface area contributed by atoms with Gasteiger partial charge in [-0.3, -0.25) is 0 Å². The molecular formula is C13H20BrN3O. The second kappa shape index (κ2) is 6.48. The number of rotatable bonds is 4. The van der Waals surface area contributed by atoms with Crippen LogP contribution in [0.1, 0.15) is 44.1 Å². The van der Waals surface area contributed by atoms with Crippen molar-refractivity contribution in [3.63, 3.8) is 0 Å². The van der Waals surface area contributed by atoms with E-state index in [0.717, 1.165) is 60.8 Å². The highest BCUT2D eigenvalue weighted by molar-refractivity contribution is 9.10. The van der Waals surface area contributed by atoms with E-state index in [-0.39, 0.29) is 0 Å². The minimum Gasteiger partial charge on any atom is -0.381 e. The lowest BCUT2D eigenvalue weighted by Crippen LogP contribution is -2.18. The molecule has 2 rings (SSSR count). The highest BCUT2D eigenvalue weighted by Crippen LogP contribution is 2.30. The Bertz CT molecular complexity index is 405. The molecule has 0 aliphatic carbocycles. The first-order valence-electron chi connectivity index (χ1n) is 6.64. The van der Waals surface area contributed by atoms with Gasteiger partial charge in [0.2, 0.25) is 0 Å². The molecule has 0 saturated carbocycles. The van der Waals surface area contributed by atoms with Crippen LogP contribution in [0.4, 0.5) is 5.82 Å². The highest BCUT2D eigenvalue weighted by atomic mass is 79.9. The molecule has 0 atom stereocenters. The zero-order valence-corrected chi connectivity index (χ0v) is 12.6. The van der Waals surface area contributed by atoms with Crippen LogP contribution in [0.2, 0.25) is 0 Å². The van der Waals surface area contributed by atoms with E-state index in [9.17, 15) is 0 Å². The van der Waals surface area contributed by atoms with Crippen molar-refractivity contribution < 1.29 is 4.74 Å². The fourth-order valence-electron chi connectivity index (χ4n) is 2.17. The monoisotopic (exact) mass is 313 g/mol. The predicted molar refractivity (Wildman–Crippen MR) is 76.1 cm³/mol. The van der Waals surface area contributed by atoms with Crippen molar-refractivity contribution in [2.45, 2.75) is 39.0 Å². The predicted octanol–water partition coefficient (Wildman–Crippen LogP) is 3.13. The van der Waals surface area contributed by atoms with Gasteiger partial charge < -0.3 is 10.1 Å². The maximum absolute atomic E-state index is 5.40. The molecule has 1 aromatic heterocycles. The van der Waals surface area contributed by atoms with Gasteiger partial charge in [-0.05, 0) is 42.1 Å². The zero-order chi connectivity index (χ0) is 13.0. The van der Waals surface area contributed by atoms with Crippen LogP contribution in [-0.2, 0) is 11.2 Å². The van der Waals surface area contributed by atoms with E-state index in [4.69, 9.17) is 9.72 Å². The summed E-state index contributed by atoms with van der Waals surface area (Å²) in [5.74, 6) is 2.33. The Hall–Kier alpha value is -0.680. The average Bonchev–Trinajstić information content (AvgIpc) is 2.42. The molecule has 1 fully saturated rings. The number of halogens is 1. The molecular weight excluding hydrogens is 294 g/mol. The molecule has 0 bridgehead atoms. The van der Waals surface area contributed by atoms with Crippen LogP contribution in [0.25, 0.3) is 0 Å². The van der Waals surface area contributed by atoms with E-state index in [1.54, 1.807) is 0 Å². The molecule has 18 heavy (non-hydrogen) atoms. The molecule has 2 heterocycles. The number of hydrogen-bond donors (Lipinski definition) is 1. The summed E-state index contributed by atoms with van der Waals surface area (Å²) in [4.78, 5) is 9.37. The number of nitrogens with zero attached hydrogens (tertiary/aromatic N) is 2. The molecule has 1 saturated heterocycles. The smallest absolute Gasteiger partial charge is 0.144 e. The maximum Gasteiger partial charge on any atom is 0.144 e. The molecule has 1 N–H and O–H groups in total. The largest absolute Gasteiger partial charge is 0.381 e. The van der Waals surface area contributed by atoms with Gasteiger partial charge in [0, 0.05) is 25.7 Å². The minimum atomic E-state index is 0.439. The summed E-state index contributed by atoms with van der Waals surface area (Å²) in [6.07, 6.45) is 2.96. The van der Waals surface area contributed by atoms with Crippen LogP contribution in [-0.4, -0.2) is 29.7 Å². The van der Waals surface area contributed by atoms with Gasteiger partial charge in [0.1, 0.15) is 11.6 Å². The zero-order valence-electron chi connectivity index (χ0n) is 11.0. The standard InChI is InChI=1S/C13H20BrN3O/c1-3-10-11(14)13(15-4-2)17-12(16-10)9-5-7-18-8-6-9/h9H,3-8H2,1-2H3,(H,15,16,17). The highest BCUT2D eigenvalue weighted by Gasteiger charge is 2.21. The van der Waals surface area contributed by atoms with Crippen molar-refractivity contribution in [3.8, 4) is 0 Å². The van der Waals surface area contributed by atoms with E-state index < -0.39 is 0 Å². The van der Waals surface area contributed by atoms with E-state index in [0.29, 0.717) is 5.92 Å². The van der Waals surface area contributed by atoms with Gasteiger partial charge in [-0.1, -0.05) is 6.92 Å². The van der Waals surface area contributed by atoms with Crippen LogP contribution in [0.5, 0.6) is 0 Å². The minimum absolute atomic E-state index is 0.439. The van der Waals surface area contributed by atoms with Crippen molar-refractivity contribution >= 4 is 21.7 Å². The number of aryl methyl sites for hydroxylation is 1. The lowest BCUT2D eigenvalue weighted by Gasteiger charge is -2.22. The lowest BCUT2D eigenvalue weighted by atomic mass is 9.99. The normalized spacial score (nSPS) is 16.8. The topological polar surface area (TPSA) is 47.0 Å². The van der Waals surface area contributed by atoms with E-state index in [1.165, 1.54) is 0 Å². The molecule has 0 amide bonds. The van der Waals surface area contributed by atoms with Gasteiger partial charge in [-0.25, -0.2) is 9.97 Å². The molecule has 100 valence electrons. The maximum atomic E-state index is 5.40. The summed E-state index contributed by atoms with van der Waals surface area (Å²) < 4.78 is 6.40. The van der Waals surface area contributed by atoms with E-state index in [2.05, 4.69) is 40.1 Å². The van der Waals surface area contributed by atoms with Gasteiger partial charge >= 0.3 is 0 Å². The van der Waals surface area contributed by atoms with Gasteiger partial charge in [0.25, 0.3) is 0 Å². The molecule has 1 aliphatic rings. The summed E-state index contributed by atoms with van der Waals surface area (Å²) in [7, 11) is 0. The van der Waals surface area contributed by atoms with Crippen molar-refractivity contribution in [2.24, 2.45) is 0 Å². The lowest BCUT2D eigenvalue weighted by molar-refractivity contribution is 0.0835. The van der Waals surface area contributed by atoms with Gasteiger partial charge in [-0.15, -0.1) is 0 Å². The number of aromatic nitrogens is 2. The third-order valence-corrected chi connectivity index (χ3v) is 4.04. The summed E-state index contributed by atoms with van der Waals surface area (Å²) in [6.45, 7) is 6.71. The number of ether oxygens (including phenoxy) is 1. The fourth-order valence-corrected chi connectivity index (χ4v) is 2.77. The summed E-state index contributed by atoms with van der Waals surface area (Å²) in [6, 6.07) is 0. The quantitative estimate of drug-likeness (QED) is 0.927. The SMILES string of the molecule is CCNc1nc(C2CCOCC2)nc(CC)c1Br. The average molecular weight is 314 g/mol. The van der Waals surface area contributed by atoms with Gasteiger partial charge in [-0.2, -0.15) is 0 Å². The molecule has 0 radical (unpaired) electrons. The Morgan fingerprint density at radius 2 is 2.00 bits per heavy atom. The summed E-state index contributed by atoms with van der Waals surface area (Å²) in [5, 5.41) is 3.30. The van der Waals surface area contributed by atoms with E-state index in [1.807, 2.05) is 0 Å². The Morgan fingerprint density at radius 3 is 2.61 bits per heavy atom. The molecule has 0 unspecified atom stereocenters. The molecule has 0 spiro atoms. The van der Waals surface area contributed by atoms with Crippen LogP contribution >= 0.6 is 15.9 Å². The molecule has 0 aromatic carbocycles. The fraction of sp³-hybridized carbons (Fsp3) is 0.692. The molecule has 1 aromatic rings. The Labute approximate surface area is 117 Å². The van der Waals surface area contributed by atoms with E-state index >= 15 is 0 Å². The first kappa shape index (κ1) is 13.7. The second-order valence-electron chi connectivity index (χ2n) is 4.46. The third-order valence-electron chi connectivity index (χ3n) is 3.20. The van der Waals surface area contributed by atoms with Crippen molar-refractivity contribution in [2.75, 3.05) is 25.1 Å². The van der Waals surface area contributed by atoms with Gasteiger partial charge in [0.15, 0.2) is 0 Å². The first-order valence-corrected chi connectivity index (χ1v) is 7.43. The van der Waals surface area contributed by atoms with Crippen molar-refractivity contribution in [1.82, 2.24) is 9.97 Å². The Balaban J connectivity index is 2.31. The number of nitrogens with one attached hydrogen (secondary N) is 1.